The van der Waals surface area contributed by atoms with E-state index in [0.29, 0.717) is 17.8 Å². The zero-order chi connectivity index (χ0) is 32.2. The van der Waals surface area contributed by atoms with Crippen LogP contribution in [0.1, 0.15) is 25.3 Å². The van der Waals surface area contributed by atoms with Gasteiger partial charge in [0.05, 0.1) is 34.2 Å². The summed E-state index contributed by atoms with van der Waals surface area (Å²) in [6.07, 6.45) is 7.56. The first kappa shape index (κ1) is 32.5. The number of piperazine rings is 1. The molecule has 0 spiro atoms. The van der Waals surface area contributed by atoms with E-state index in [1.165, 1.54) is 50.3 Å². The molecule has 2 aromatic heterocycles. The van der Waals surface area contributed by atoms with E-state index in [2.05, 4.69) is 93.5 Å². The molecule has 2 aromatic carbocycles. The molecule has 11 nitrogen and oxygen atoms in total. The summed E-state index contributed by atoms with van der Waals surface area (Å²) < 4.78 is 8.75. The van der Waals surface area contributed by atoms with Crippen molar-refractivity contribution in [2.75, 3.05) is 86.1 Å². The molecule has 2 saturated heterocycles. The number of anilines is 6. The number of nitrogens with one attached hydrogen (secondary N) is 2. The summed E-state index contributed by atoms with van der Waals surface area (Å²) in [5.74, 6) is 2.78. The van der Waals surface area contributed by atoms with Gasteiger partial charge in [-0.3, -0.25) is 14.9 Å². The molecule has 13 heteroatoms. The molecule has 2 aliphatic rings. The summed E-state index contributed by atoms with van der Waals surface area (Å²) in [6, 6.07) is 8.94. The minimum Gasteiger partial charge on any atom is -0.494 e. The maximum Gasteiger partial charge on any atom is 0.229 e. The van der Waals surface area contributed by atoms with Crippen LogP contribution >= 0.6 is 27.9 Å². The smallest absolute Gasteiger partial charge is 0.229 e. The lowest BCUT2D eigenvalue weighted by molar-refractivity contribution is 0.0982. The number of likely N-dealkylation sites (N-methyl/N-ethyl adjacent to an activating group) is 1. The maximum atomic E-state index is 5.88. The molecule has 2 fully saturated rings. The fourth-order valence-electron chi connectivity index (χ4n) is 6.41. The van der Waals surface area contributed by atoms with Crippen LogP contribution in [0.15, 0.2) is 47.3 Å². The van der Waals surface area contributed by atoms with Crippen molar-refractivity contribution in [1.29, 1.82) is 0 Å². The van der Waals surface area contributed by atoms with Gasteiger partial charge in [-0.15, -0.1) is 0 Å². The Kier molecular flexibility index (Phi) is 10.3. The van der Waals surface area contributed by atoms with Crippen LogP contribution < -0.4 is 24.6 Å². The van der Waals surface area contributed by atoms with Gasteiger partial charge < -0.3 is 29.5 Å². The zero-order valence-electron chi connectivity index (χ0n) is 27.3. The summed E-state index contributed by atoms with van der Waals surface area (Å²) >= 11 is 5.35. The van der Waals surface area contributed by atoms with Gasteiger partial charge in [0, 0.05) is 88.5 Å². The highest BCUT2D eigenvalue weighted by atomic mass is 79.9. The maximum absolute atomic E-state index is 5.88. The molecule has 0 aliphatic carbocycles. The van der Waals surface area contributed by atoms with Crippen molar-refractivity contribution < 1.29 is 4.74 Å². The van der Waals surface area contributed by atoms with Crippen LogP contribution in [-0.4, -0.2) is 102 Å². The second-order valence-corrected chi connectivity index (χ2v) is 14.1. The Morgan fingerprint density at radius 3 is 2.50 bits per heavy atom. The summed E-state index contributed by atoms with van der Waals surface area (Å²) in [5, 5.41) is 6.93. The van der Waals surface area contributed by atoms with E-state index in [9.17, 15) is 0 Å². The Morgan fingerprint density at radius 1 is 1.00 bits per heavy atom. The third-order valence-electron chi connectivity index (χ3n) is 8.87. The van der Waals surface area contributed by atoms with Crippen LogP contribution in [0.3, 0.4) is 0 Å². The fraction of sp³-hybridized carbons (Fsp3) is 0.455. The molecule has 0 unspecified atom stereocenters. The van der Waals surface area contributed by atoms with Crippen LogP contribution in [0.25, 0.3) is 11.0 Å². The molecule has 0 amide bonds. The SMILES string of the molecule is CCSN(C)c1c(Nc2nc(Nc3cc(C)c(N4CCC(N5CCN(C)CC5)CC4)cc3OC)ncc2Br)ccc2nccnc12. The molecule has 244 valence electrons. The molecule has 4 heterocycles. The van der Waals surface area contributed by atoms with Gasteiger partial charge in [-0.05, 0) is 66.5 Å². The zero-order valence-corrected chi connectivity index (χ0v) is 29.7. The largest absolute Gasteiger partial charge is 0.494 e. The van der Waals surface area contributed by atoms with Gasteiger partial charge >= 0.3 is 0 Å². The molecule has 6 rings (SSSR count). The number of fused-ring (bicyclic) bond motifs is 1. The van der Waals surface area contributed by atoms with Gasteiger partial charge in [0.15, 0.2) is 0 Å². The van der Waals surface area contributed by atoms with E-state index >= 15 is 0 Å². The minimum atomic E-state index is 0.461. The molecular weight excluding hydrogens is 664 g/mol. The Balaban J connectivity index is 1.20. The number of piperidine rings is 1. The third-order valence-corrected chi connectivity index (χ3v) is 10.3. The van der Waals surface area contributed by atoms with E-state index < -0.39 is 0 Å². The van der Waals surface area contributed by atoms with Crippen molar-refractivity contribution in [2.24, 2.45) is 0 Å². The molecule has 2 N–H and O–H groups in total. The number of hydrogen-bond donors (Lipinski definition) is 2. The lowest BCUT2D eigenvalue weighted by Gasteiger charge is -2.43. The lowest BCUT2D eigenvalue weighted by Crippen LogP contribution is -2.52. The predicted octanol–water partition coefficient (Wildman–Crippen LogP) is 6.31. The van der Waals surface area contributed by atoms with Crippen molar-refractivity contribution in [3.63, 3.8) is 0 Å². The summed E-state index contributed by atoms with van der Waals surface area (Å²) in [7, 11) is 5.97. The average Bonchev–Trinajstić information content (AvgIpc) is 3.07. The van der Waals surface area contributed by atoms with Gasteiger partial charge in [0.1, 0.15) is 17.1 Å². The topological polar surface area (TPSA) is 97.8 Å². The van der Waals surface area contributed by atoms with Gasteiger partial charge in [0.25, 0.3) is 0 Å². The highest BCUT2D eigenvalue weighted by Gasteiger charge is 2.28. The molecule has 0 atom stereocenters. The first-order valence-electron chi connectivity index (χ1n) is 15.9. The van der Waals surface area contributed by atoms with Crippen molar-refractivity contribution >= 4 is 73.4 Å². The van der Waals surface area contributed by atoms with Crippen LogP contribution in [0.5, 0.6) is 5.75 Å². The Hall–Kier alpha value is -3.39. The van der Waals surface area contributed by atoms with Crippen molar-refractivity contribution in [3.8, 4) is 5.75 Å². The normalized spacial score (nSPS) is 16.5. The molecular formula is C33H43BrN10OS. The number of aryl methyl sites for hydroxylation is 1. The van der Waals surface area contributed by atoms with E-state index in [1.54, 1.807) is 37.6 Å². The predicted molar refractivity (Wildman–Crippen MR) is 194 cm³/mol. The van der Waals surface area contributed by atoms with Crippen molar-refractivity contribution in [3.05, 3.63) is 52.9 Å². The van der Waals surface area contributed by atoms with Crippen LogP contribution in [0.2, 0.25) is 0 Å². The van der Waals surface area contributed by atoms with Gasteiger partial charge in [-0.25, -0.2) is 4.98 Å². The van der Waals surface area contributed by atoms with E-state index in [-0.39, 0.29) is 0 Å². The van der Waals surface area contributed by atoms with Crippen molar-refractivity contribution in [1.82, 2.24) is 29.7 Å². The molecule has 0 radical (unpaired) electrons. The number of aromatic nitrogens is 4. The Labute approximate surface area is 284 Å². The van der Waals surface area contributed by atoms with E-state index in [4.69, 9.17) is 9.72 Å². The number of rotatable bonds is 10. The first-order valence-corrected chi connectivity index (χ1v) is 17.6. The van der Waals surface area contributed by atoms with Crippen LogP contribution in [0.4, 0.5) is 34.5 Å². The number of halogens is 1. The molecule has 4 aromatic rings. The average molecular weight is 708 g/mol. The highest BCUT2D eigenvalue weighted by Crippen LogP contribution is 2.39. The fourth-order valence-corrected chi connectivity index (χ4v) is 7.40. The summed E-state index contributed by atoms with van der Waals surface area (Å²) in [5.41, 5.74) is 6.71. The second kappa shape index (κ2) is 14.6. The Bertz CT molecular complexity index is 1660. The second-order valence-electron chi connectivity index (χ2n) is 11.8. The number of ether oxygens (including phenoxy) is 1. The molecule has 0 bridgehead atoms. The number of nitrogens with zero attached hydrogens (tertiary/aromatic N) is 8. The highest BCUT2D eigenvalue weighted by molar-refractivity contribution is 9.10. The van der Waals surface area contributed by atoms with E-state index in [0.717, 1.165) is 57.2 Å². The molecule has 46 heavy (non-hydrogen) atoms. The molecule has 2 aliphatic heterocycles. The van der Waals surface area contributed by atoms with Crippen LogP contribution in [0, 0.1) is 6.92 Å². The summed E-state index contributed by atoms with van der Waals surface area (Å²) in [4.78, 5) is 26.2. The van der Waals surface area contributed by atoms with Gasteiger partial charge in [-0.1, -0.05) is 18.9 Å². The quantitative estimate of drug-likeness (QED) is 0.181. The number of hydrogen-bond acceptors (Lipinski definition) is 12. The van der Waals surface area contributed by atoms with Crippen LogP contribution in [-0.2, 0) is 0 Å². The number of benzene rings is 2. The Morgan fingerprint density at radius 2 is 1.76 bits per heavy atom. The molecule has 0 saturated carbocycles. The standard InChI is InChI=1S/C33H43BrN10OS/c1-6-46-42(4)31-26(8-7-25-30(31)36-12-11-35-25)38-32-24(34)21-37-33(40-32)39-27-19-22(2)28(20-29(27)45-5)44-13-9-23(10-14-44)43-17-15-41(3)16-18-43/h7-8,11-12,19-21,23H,6,9-10,13-18H2,1-5H3,(H2,37,38,39,40). The van der Waals surface area contributed by atoms with E-state index in [1.807, 2.05) is 19.2 Å². The monoisotopic (exact) mass is 706 g/mol. The van der Waals surface area contributed by atoms with Crippen molar-refractivity contribution in [2.45, 2.75) is 32.7 Å². The number of methoxy groups -OCH3 is 1. The minimum absolute atomic E-state index is 0.461. The van der Waals surface area contributed by atoms with Gasteiger partial charge in [-0.2, -0.15) is 4.98 Å². The summed E-state index contributed by atoms with van der Waals surface area (Å²) in [6.45, 7) is 11.1. The lowest BCUT2D eigenvalue weighted by atomic mass is 10.0. The first-order chi connectivity index (χ1) is 22.3. The third kappa shape index (κ3) is 7.12. The van der Waals surface area contributed by atoms with Gasteiger partial charge in [0.2, 0.25) is 5.95 Å².